The maximum Gasteiger partial charge on any atom is 0.261 e. The summed E-state index contributed by atoms with van der Waals surface area (Å²) in [5.41, 5.74) is 0.611. The minimum Gasteiger partial charge on any atom is -0.493 e. The molecule has 28 heavy (non-hydrogen) atoms. The van der Waals surface area contributed by atoms with Crippen molar-refractivity contribution in [2.45, 2.75) is 36.6 Å². The fraction of sp³-hybridized carbons (Fsp3) is 0.350. The molecule has 4 rings (SSSR count). The highest BCUT2D eigenvalue weighted by Crippen LogP contribution is 2.31. The number of carbonyl (C=O) groups excluding carboxylic acids is 1. The predicted molar refractivity (Wildman–Crippen MR) is 102 cm³/mol. The first-order valence-electron chi connectivity index (χ1n) is 9.30. The van der Waals surface area contributed by atoms with Gasteiger partial charge in [-0.25, -0.2) is 12.8 Å². The lowest BCUT2D eigenvalue weighted by Gasteiger charge is -2.37. The molecule has 1 fully saturated rings. The van der Waals surface area contributed by atoms with Crippen molar-refractivity contribution in [2.75, 3.05) is 17.9 Å². The first kappa shape index (κ1) is 18.7. The largest absolute Gasteiger partial charge is 0.493 e. The van der Waals surface area contributed by atoms with Gasteiger partial charge >= 0.3 is 0 Å². The van der Waals surface area contributed by atoms with Crippen LogP contribution in [0.25, 0.3) is 0 Å². The molecule has 1 unspecified atom stereocenters. The molecule has 1 saturated heterocycles. The van der Waals surface area contributed by atoms with Crippen LogP contribution in [-0.2, 0) is 10.0 Å². The summed E-state index contributed by atoms with van der Waals surface area (Å²) in [6, 6.07) is 9.40. The van der Waals surface area contributed by atoms with Crippen LogP contribution in [0, 0.1) is 5.82 Å². The number of ether oxygens (including phenoxy) is 1. The average molecular weight is 404 g/mol. The molecule has 0 aliphatic carbocycles. The van der Waals surface area contributed by atoms with E-state index in [-0.39, 0.29) is 22.5 Å². The summed E-state index contributed by atoms with van der Waals surface area (Å²) in [5, 5.41) is 0. The number of anilines is 1. The zero-order valence-electron chi connectivity index (χ0n) is 15.2. The smallest absolute Gasteiger partial charge is 0.261 e. The number of nitrogens with zero attached hydrogens (tertiary/aromatic N) is 1. The van der Waals surface area contributed by atoms with E-state index in [2.05, 4.69) is 4.72 Å². The Kier molecular flexibility index (Phi) is 4.97. The highest BCUT2D eigenvalue weighted by molar-refractivity contribution is 7.92. The van der Waals surface area contributed by atoms with E-state index in [0.29, 0.717) is 24.5 Å². The summed E-state index contributed by atoms with van der Waals surface area (Å²) in [6.45, 7) is 1.22. The van der Waals surface area contributed by atoms with E-state index >= 15 is 0 Å². The molecule has 2 aromatic carbocycles. The standard InChI is InChI=1S/C20H21FN2O4S/c21-14-4-7-17(8-5-14)28(25,26)22-15-6-9-19-18(13-15)20(24)23-11-2-1-3-16(23)10-12-27-19/h4-9,13,16,22H,1-3,10-12H2. The van der Waals surface area contributed by atoms with E-state index in [4.69, 9.17) is 4.74 Å². The van der Waals surface area contributed by atoms with Gasteiger partial charge in [-0.2, -0.15) is 0 Å². The predicted octanol–water partition coefficient (Wildman–Crippen LogP) is 3.40. The van der Waals surface area contributed by atoms with Crippen LogP contribution < -0.4 is 9.46 Å². The van der Waals surface area contributed by atoms with E-state index in [1.807, 2.05) is 4.90 Å². The zero-order valence-corrected chi connectivity index (χ0v) is 16.0. The second kappa shape index (κ2) is 7.43. The van der Waals surface area contributed by atoms with E-state index in [1.54, 1.807) is 12.1 Å². The van der Waals surface area contributed by atoms with Gasteiger partial charge in [0.2, 0.25) is 0 Å². The number of sulfonamides is 1. The van der Waals surface area contributed by atoms with Crippen molar-refractivity contribution < 1.29 is 22.3 Å². The Hall–Kier alpha value is -2.61. The van der Waals surface area contributed by atoms with Crippen LogP contribution in [0.3, 0.4) is 0 Å². The summed E-state index contributed by atoms with van der Waals surface area (Å²) in [5.74, 6) is -0.195. The Morgan fingerprint density at radius 2 is 1.86 bits per heavy atom. The van der Waals surface area contributed by atoms with Gasteiger partial charge in [-0.3, -0.25) is 9.52 Å². The number of fused-ring (bicyclic) bond motifs is 2. The van der Waals surface area contributed by atoms with Crippen molar-refractivity contribution in [3.8, 4) is 5.75 Å². The first-order valence-corrected chi connectivity index (χ1v) is 10.8. The Balaban J connectivity index is 1.64. The van der Waals surface area contributed by atoms with Gasteiger partial charge in [-0.05, 0) is 61.7 Å². The number of nitrogens with one attached hydrogen (secondary N) is 1. The quantitative estimate of drug-likeness (QED) is 0.851. The molecule has 2 aromatic rings. The lowest BCUT2D eigenvalue weighted by atomic mass is 9.97. The molecule has 8 heteroatoms. The van der Waals surface area contributed by atoms with Crippen LogP contribution >= 0.6 is 0 Å². The molecular formula is C20H21FN2O4S. The Bertz CT molecular complexity index is 992. The number of hydrogen-bond acceptors (Lipinski definition) is 4. The van der Waals surface area contributed by atoms with Crippen molar-refractivity contribution in [3.05, 3.63) is 53.8 Å². The molecule has 0 aromatic heterocycles. The molecule has 0 spiro atoms. The molecule has 2 heterocycles. The van der Waals surface area contributed by atoms with Crippen molar-refractivity contribution >= 4 is 21.6 Å². The summed E-state index contributed by atoms with van der Waals surface area (Å²) >= 11 is 0. The van der Waals surface area contributed by atoms with Gasteiger partial charge < -0.3 is 9.64 Å². The van der Waals surface area contributed by atoms with Gasteiger partial charge in [-0.15, -0.1) is 0 Å². The van der Waals surface area contributed by atoms with Crippen LogP contribution in [0.1, 0.15) is 36.0 Å². The number of carbonyl (C=O) groups is 1. The summed E-state index contributed by atoms with van der Waals surface area (Å²) in [4.78, 5) is 14.9. The minimum absolute atomic E-state index is 0.0562. The number of hydrogen-bond donors (Lipinski definition) is 1. The number of piperidine rings is 1. The highest BCUT2D eigenvalue weighted by Gasteiger charge is 2.31. The van der Waals surface area contributed by atoms with Crippen LogP contribution in [0.4, 0.5) is 10.1 Å². The third-order valence-electron chi connectivity index (χ3n) is 5.18. The molecule has 148 valence electrons. The zero-order chi connectivity index (χ0) is 19.7. The van der Waals surface area contributed by atoms with Crippen LogP contribution in [0.5, 0.6) is 5.75 Å². The molecule has 1 amide bonds. The van der Waals surface area contributed by atoms with Gasteiger partial charge in [0.15, 0.2) is 0 Å². The molecule has 2 aliphatic heterocycles. The summed E-state index contributed by atoms with van der Waals surface area (Å²) < 4.78 is 46.4. The summed E-state index contributed by atoms with van der Waals surface area (Å²) in [6.07, 6.45) is 3.82. The maximum absolute atomic E-state index is 13.1. The molecule has 1 N–H and O–H groups in total. The lowest BCUT2D eigenvalue weighted by Crippen LogP contribution is -2.45. The van der Waals surface area contributed by atoms with Crippen molar-refractivity contribution in [2.24, 2.45) is 0 Å². The maximum atomic E-state index is 13.1. The van der Waals surface area contributed by atoms with E-state index in [1.165, 1.54) is 18.2 Å². The molecule has 0 radical (unpaired) electrons. The SMILES string of the molecule is O=C1c2cc(NS(=O)(=O)c3ccc(F)cc3)ccc2OCCC2CCCCN12. The Morgan fingerprint density at radius 3 is 2.64 bits per heavy atom. The monoisotopic (exact) mass is 404 g/mol. The van der Waals surface area contributed by atoms with Gasteiger partial charge in [0, 0.05) is 24.7 Å². The third-order valence-corrected chi connectivity index (χ3v) is 6.58. The first-order chi connectivity index (χ1) is 13.4. The molecule has 0 saturated carbocycles. The van der Waals surface area contributed by atoms with Crippen molar-refractivity contribution in [3.63, 3.8) is 0 Å². The molecule has 6 nitrogen and oxygen atoms in total. The second-order valence-electron chi connectivity index (χ2n) is 7.06. The average Bonchev–Trinajstić information content (AvgIpc) is 2.68. The van der Waals surface area contributed by atoms with E-state index < -0.39 is 15.8 Å². The fourth-order valence-corrected chi connectivity index (χ4v) is 4.79. The van der Waals surface area contributed by atoms with Gasteiger partial charge in [0.1, 0.15) is 11.6 Å². The molecular weight excluding hydrogens is 383 g/mol. The van der Waals surface area contributed by atoms with Crippen LogP contribution in [0.2, 0.25) is 0 Å². The normalized spacial score (nSPS) is 19.7. The Morgan fingerprint density at radius 1 is 1.07 bits per heavy atom. The van der Waals surface area contributed by atoms with E-state index in [9.17, 15) is 17.6 Å². The number of halogens is 1. The van der Waals surface area contributed by atoms with Crippen molar-refractivity contribution in [1.29, 1.82) is 0 Å². The number of amides is 1. The van der Waals surface area contributed by atoms with Crippen LogP contribution in [-0.4, -0.2) is 38.4 Å². The van der Waals surface area contributed by atoms with Crippen molar-refractivity contribution in [1.82, 2.24) is 4.90 Å². The second-order valence-corrected chi connectivity index (χ2v) is 8.74. The number of benzene rings is 2. The number of rotatable bonds is 3. The van der Waals surface area contributed by atoms with Gasteiger partial charge in [0.05, 0.1) is 17.1 Å². The summed E-state index contributed by atoms with van der Waals surface area (Å²) in [7, 11) is -3.90. The molecule has 1 atom stereocenters. The third kappa shape index (κ3) is 3.69. The topological polar surface area (TPSA) is 75.7 Å². The minimum atomic E-state index is -3.90. The van der Waals surface area contributed by atoms with Crippen LogP contribution in [0.15, 0.2) is 47.4 Å². The van der Waals surface area contributed by atoms with Gasteiger partial charge in [0.25, 0.3) is 15.9 Å². The highest BCUT2D eigenvalue weighted by atomic mass is 32.2. The fourth-order valence-electron chi connectivity index (χ4n) is 3.74. The molecule has 2 aliphatic rings. The van der Waals surface area contributed by atoms with Gasteiger partial charge in [-0.1, -0.05) is 0 Å². The van der Waals surface area contributed by atoms with E-state index in [0.717, 1.165) is 37.8 Å². The lowest BCUT2D eigenvalue weighted by molar-refractivity contribution is 0.0548. The Labute approximate surface area is 163 Å². The molecule has 0 bridgehead atoms.